The van der Waals surface area contributed by atoms with Gasteiger partial charge in [0.05, 0.1) is 10.6 Å². The van der Waals surface area contributed by atoms with Crippen LogP contribution < -0.4 is 20.3 Å². The van der Waals surface area contributed by atoms with Crippen molar-refractivity contribution >= 4 is 23.2 Å². The Morgan fingerprint density at radius 1 is 0.903 bits per heavy atom. The van der Waals surface area contributed by atoms with Crippen LogP contribution in [0.5, 0.6) is 11.5 Å². The number of amides is 2. The number of hydrazine groups is 1. The molecule has 1 aliphatic rings. The second-order valence-corrected chi connectivity index (χ2v) is 7.56. The third-order valence-corrected chi connectivity index (χ3v) is 5.53. The van der Waals surface area contributed by atoms with Gasteiger partial charge in [-0.05, 0) is 47.8 Å². The van der Waals surface area contributed by atoms with E-state index in [-0.39, 0.29) is 6.79 Å². The van der Waals surface area contributed by atoms with Gasteiger partial charge >= 0.3 is 0 Å². The molecule has 0 spiro atoms. The van der Waals surface area contributed by atoms with Gasteiger partial charge in [-0.15, -0.1) is 11.3 Å². The number of carbonyl (C=O) groups excluding carboxylic acids is 2. The van der Waals surface area contributed by atoms with Crippen molar-refractivity contribution in [1.29, 1.82) is 0 Å². The molecular weight excluding hydrogens is 416 g/mol. The molecule has 31 heavy (non-hydrogen) atoms. The van der Waals surface area contributed by atoms with Crippen molar-refractivity contribution in [2.24, 2.45) is 0 Å². The maximum atomic E-state index is 12.9. The summed E-state index contributed by atoms with van der Waals surface area (Å²) in [5, 5.41) is 6.54. The van der Waals surface area contributed by atoms with Gasteiger partial charge in [-0.25, -0.2) is 4.68 Å². The van der Waals surface area contributed by atoms with Crippen LogP contribution in [0.3, 0.4) is 0 Å². The number of thiophene rings is 1. The first kappa shape index (κ1) is 18.9. The highest BCUT2D eigenvalue weighted by Gasteiger charge is 2.20. The lowest BCUT2D eigenvalue weighted by atomic mass is 10.2. The standard InChI is InChI=1S/C22H16N4O4S/c27-21(14-8-9-18-19(11-14)30-13-29-18)23-24-22(28)17-12-16(20-7-4-10-31-20)25-26(17)15-5-2-1-3-6-15/h1-12H,13H2,(H,23,27)(H,24,28). The molecule has 0 saturated heterocycles. The molecule has 0 bridgehead atoms. The number of hydrogen-bond acceptors (Lipinski definition) is 6. The molecule has 5 rings (SSSR count). The Kier molecular flexibility index (Phi) is 4.85. The third kappa shape index (κ3) is 3.74. The minimum Gasteiger partial charge on any atom is -0.454 e. The van der Waals surface area contributed by atoms with E-state index < -0.39 is 11.8 Å². The molecule has 2 aromatic carbocycles. The number of hydrogen-bond donors (Lipinski definition) is 2. The topological polar surface area (TPSA) is 94.5 Å². The largest absolute Gasteiger partial charge is 0.454 e. The van der Waals surface area contributed by atoms with E-state index in [0.717, 1.165) is 10.6 Å². The van der Waals surface area contributed by atoms with Gasteiger partial charge in [0, 0.05) is 5.56 Å². The highest BCUT2D eigenvalue weighted by atomic mass is 32.1. The molecule has 0 aliphatic carbocycles. The molecule has 8 nitrogen and oxygen atoms in total. The number of ether oxygens (including phenoxy) is 2. The summed E-state index contributed by atoms with van der Waals surface area (Å²) in [5.74, 6) is 0.0966. The van der Waals surface area contributed by atoms with Gasteiger partial charge in [0.15, 0.2) is 11.5 Å². The van der Waals surface area contributed by atoms with Crippen molar-refractivity contribution in [1.82, 2.24) is 20.6 Å². The zero-order valence-electron chi connectivity index (χ0n) is 16.1. The van der Waals surface area contributed by atoms with Crippen LogP contribution in [0.15, 0.2) is 72.1 Å². The Hall–Kier alpha value is -4.11. The fourth-order valence-corrected chi connectivity index (χ4v) is 3.82. The van der Waals surface area contributed by atoms with E-state index in [9.17, 15) is 9.59 Å². The van der Waals surface area contributed by atoms with Crippen LogP contribution in [0.1, 0.15) is 20.8 Å². The van der Waals surface area contributed by atoms with E-state index in [1.807, 2.05) is 47.8 Å². The summed E-state index contributed by atoms with van der Waals surface area (Å²) < 4.78 is 12.1. The van der Waals surface area contributed by atoms with E-state index in [4.69, 9.17) is 9.47 Å². The molecule has 2 N–H and O–H groups in total. The van der Waals surface area contributed by atoms with Crippen molar-refractivity contribution in [3.05, 3.63) is 83.4 Å². The fraction of sp³-hybridized carbons (Fsp3) is 0.0455. The van der Waals surface area contributed by atoms with Gasteiger partial charge < -0.3 is 9.47 Å². The molecule has 154 valence electrons. The lowest BCUT2D eigenvalue weighted by Crippen LogP contribution is -2.42. The highest BCUT2D eigenvalue weighted by molar-refractivity contribution is 7.13. The first-order valence-electron chi connectivity index (χ1n) is 9.39. The molecule has 0 unspecified atom stereocenters. The Labute approximate surface area is 181 Å². The zero-order chi connectivity index (χ0) is 21.2. The summed E-state index contributed by atoms with van der Waals surface area (Å²) in [6, 6.07) is 19.7. The lowest BCUT2D eigenvalue weighted by molar-refractivity contribution is 0.0842. The number of fused-ring (bicyclic) bond motifs is 1. The molecule has 2 amide bonds. The molecule has 3 heterocycles. The second-order valence-electron chi connectivity index (χ2n) is 6.62. The normalized spacial score (nSPS) is 11.9. The average Bonchev–Trinajstić information content (AvgIpc) is 3.57. The Morgan fingerprint density at radius 2 is 1.71 bits per heavy atom. The van der Waals surface area contributed by atoms with Crippen LogP contribution in [0.4, 0.5) is 0 Å². The van der Waals surface area contributed by atoms with Crippen molar-refractivity contribution in [2.75, 3.05) is 6.79 Å². The predicted octanol–water partition coefficient (Wildman–Crippen LogP) is 3.40. The summed E-state index contributed by atoms with van der Waals surface area (Å²) in [6.07, 6.45) is 0. The quantitative estimate of drug-likeness (QED) is 0.482. The van der Waals surface area contributed by atoms with E-state index in [1.165, 1.54) is 11.3 Å². The lowest BCUT2D eigenvalue weighted by Gasteiger charge is -2.09. The molecular formula is C22H16N4O4S. The molecule has 1 aliphatic heterocycles. The Morgan fingerprint density at radius 3 is 2.52 bits per heavy atom. The summed E-state index contributed by atoms with van der Waals surface area (Å²) in [5.41, 5.74) is 6.94. The van der Waals surface area contributed by atoms with Gasteiger partial charge in [-0.3, -0.25) is 20.4 Å². The second kappa shape index (κ2) is 7.96. The SMILES string of the molecule is O=C(NNC(=O)c1cc(-c2cccs2)nn1-c1ccccc1)c1ccc2c(c1)OCO2. The van der Waals surface area contributed by atoms with Gasteiger partial charge in [0.25, 0.3) is 11.8 Å². The maximum Gasteiger partial charge on any atom is 0.288 e. The number of aromatic nitrogens is 2. The summed E-state index contributed by atoms with van der Waals surface area (Å²) in [4.78, 5) is 26.3. The molecule has 0 saturated carbocycles. The molecule has 4 aromatic rings. The zero-order valence-corrected chi connectivity index (χ0v) is 16.9. The number of carbonyl (C=O) groups is 2. The van der Waals surface area contributed by atoms with Crippen molar-refractivity contribution in [3.8, 4) is 27.8 Å². The van der Waals surface area contributed by atoms with Gasteiger partial charge in [-0.2, -0.15) is 5.10 Å². The van der Waals surface area contributed by atoms with Crippen LogP contribution >= 0.6 is 11.3 Å². The van der Waals surface area contributed by atoms with Crippen LogP contribution in [0, 0.1) is 0 Å². The van der Waals surface area contributed by atoms with Gasteiger partial charge in [0.2, 0.25) is 6.79 Å². The maximum absolute atomic E-state index is 12.9. The fourth-order valence-electron chi connectivity index (χ4n) is 3.14. The van der Waals surface area contributed by atoms with Crippen LogP contribution in [0.25, 0.3) is 16.3 Å². The van der Waals surface area contributed by atoms with E-state index >= 15 is 0 Å². The number of para-hydroxylation sites is 1. The molecule has 0 fully saturated rings. The highest BCUT2D eigenvalue weighted by Crippen LogP contribution is 2.32. The van der Waals surface area contributed by atoms with Gasteiger partial charge in [-0.1, -0.05) is 24.3 Å². The van der Waals surface area contributed by atoms with E-state index in [2.05, 4.69) is 16.0 Å². The van der Waals surface area contributed by atoms with E-state index in [0.29, 0.717) is 28.5 Å². The monoisotopic (exact) mass is 432 g/mol. The summed E-state index contributed by atoms with van der Waals surface area (Å²) in [6.45, 7) is 0.118. The minimum atomic E-state index is -0.492. The van der Waals surface area contributed by atoms with Crippen molar-refractivity contribution < 1.29 is 19.1 Å². The summed E-state index contributed by atoms with van der Waals surface area (Å²) >= 11 is 1.53. The first-order chi connectivity index (χ1) is 15.2. The third-order valence-electron chi connectivity index (χ3n) is 4.64. The Bertz CT molecular complexity index is 1250. The van der Waals surface area contributed by atoms with Crippen LogP contribution in [-0.4, -0.2) is 28.4 Å². The average molecular weight is 432 g/mol. The Balaban J connectivity index is 1.38. The van der Waals surface area contributed by atoms with Crippen LogP contribution in [0.2, 0.25) is 0 Å². The number of nitrogens with one attached hydrogen (secondary N) is 2. The minimum absolute atomic E-state index is 0.118. The number of nitrogens with zero attached hydrogens (tertiary/aromatic N) is 2. The molecule has 0 radical (unpaired) electrons. The molecule has 2 aromatic heterocycles. The molecule has 0 atom stereocenters. The number of benzene rings is 2. The van der Waals surface area contributed by atoms with Gasteiger partial charge in [0.1, 0.15) is 11.4 Å². The smallest absolute Gasteiger partial charge is 0.288 e. The number of rotatable bonds is 4. The van der Waals surface area contributed by atoms with E-state index in [1.54, 1.807) is 28.9 Å². The summed E-state index contributed by atoms with van der Waals surface area (Å²) in [7, 11) is 0. The van der Waals surface area contributed by atoms with Crippen LogP contribution in [-0.2, 0) is 0 Å². The van der Waals surface area contributed by atoms with Crippen molar-refractivity contribution in [3.63, 3.8) is 0 Å². The first-order valence-corrected chi connectivity index (χ1v) is 10.3. The molecule has 9 heteroatoms. The predicted molar refractivity (Wildman–Crippen MR) is 114 cm³/mol. The van der Waals surface area contributed by atoms with Crippen molar-refractivity contribution in [2.45, 2.75) is 0 Å².